The van der Waals surface area contributed by atoms with Gasteiger partial charge in [-0.05, 0) is 72.1 Å². The Labute approximate surface area is 229 Å². The zero-order valence-corrected chi connectivity index (χ0v) is 25.3. The number of benzene rings is 2. The number of ether oxygens (including phenoxy) is 3. The minimum absolute atomic E-state index is 0.146. The summed E-state index contributed by atoms with van der Waals surface area (Å²) in [6.07, 6.45) is 3.35. The lowest BCUT2D eigenvalue weighted by molar-refractivity contribution is -0.904. The third kappa shape index (κ3) is 12.1. The predicted octanol–water partition coefficient (Wildman–Crippen LogP) is 7.63. The molecule has 0 spiro atoms. The van der Waals surface area contributed by atoms with Crippen molar-refractivity contribution in [3.8, 4) is 11.5 Å². The van der Waals surface area contributed by atoms with Crippen molar-refractivity contribution in [2.45, 2.75) is 65.8 Å². The van der Waals surface area contributed by atoms with Crippen LogP contribution in [-0.4, -0.2) is 56.9 Å². The molecule has 0 atom stereocenters. The summed E-state index contributed by atoms with van der Waals surface area (Å²) in [6, 6.07) is 17.1. The lowest BCUT2D eigenvalue weighted by atomic mass is 9.72. The Hall–Kier alpha value is -1.56. The van der Waals surface area contributed by atoms with Crippen LogP contribution in [0.2, 0.25) is 0 Å². The molecule has 36 heavy (non-hydrogen) atoms. The summed E-state index contributed by atoms with van der Waals surface area (Å²) >= 11 is 3.45. The van der Waals surface area contributed by atoms with Crippen molar-refractivity contribution < 1.29 is 18.7 Å². The second-order valence-corrected chi connectivity index (χ2v) is 13.1. The van der Waals surface area contributed by atoms with Crippen molar-refractivity contribution in [1.29, 1.82) is 0 Å². The van der Waals surface area contributed by atoms with Crippen LogP contribution in [0, 0.1) is 5.41 Å². The van der Waals surface area contributed by atoms with Crippen LogP contribution in [0.3, 0.4) is 0 Å². The Balaban J connectivity index is 1.66. The first kappa shape index (κ1) is 30.7. The highest BCUT2D eigenvalue weighted by molar-refractivity contribution is 9.09. The molecule has 0 amide bonds. The fourth-order valence-electron chi connectivity index (χ4n) is 4.71. The first-order chi connectivity index (χ1) is 16.9. The number of alkyl halides is 1. The Morgan fingerprint density at radius 1 is 0.722 bits per heavy atom. The third-order valence-corrected chi connectivity index (χ3v) is 6.84. The molecule has 0 aromatic heterocycles. The molecule has 4 nitrogen and oxygen atoms in total. The Morgan fingerprint density at radius 2 is 1.31 bits per heavy atom. The zero-order chi connectivity index (χ0) is 26.7. The van der Waals surface area contributed by atoms with Gasteiger partial charge in [0, 0.05) is 10.9 Å². The standard InChI is InChI=1S/C31H49BrNO3/c1-30(2,3)25-31(4,5)27-12-16-29(17-13-27)36-23-22-34-21-19-33(6,7)24-26-10-14-28(15-11-26)35-20-9-8-18-32/h10-17H,8-9,18-25H2,1-7H3/q+1. The lowest BCUT2D eigenvalue weighted by Gasteiger charge is -2.33. The maximum atomic E-state index is 5.91. The van der Waals surface area contributed by atoms with Crippen molar-refractivity contribution in [2.24, 2.45) is 5.41 Å². The molecule has 0 aliphatic carbocycles. The van der Waals surface area contributed by atoms with Crippen molar-refractivity contribution in [3.63, 3.8) is 0 Å². The fourth-order valence-corrected chi connectivity index (χ4v) is 5.11. The van der Waals surface area contributed by atoms with Gasteiger partial charge < -0.3 is 18.7 Å². The molecule has 0 heterocycles. The van der Waals surface area contributed by atoms with Crippen molar-refractivity contribution >= 4 is 15.9 Å². The molecule has 0 N–H and O–H groups in total. The lowest BCUT2D eigenvalue weighted by Crippen LogP contribution is -2.41. The van der Waals surface area contributed by atoms with E-state index in [1.165, 1.54) is 11.1 Å². The van der Waals surface area contributed by atoms with Gasteiger partial charge in [-0.1, -0.05) is 62.7 Å². The van der Waals surface area contributed by atoms with Crippen molar-refractivity contribution in [2.75, 3.05) is 52.4 Å². The molecule has 0 bridgehead atoms. The van der Waals surface area contributed by atoms with E-state index >= 15 is 0 Å². The largest absolute Gasteiger partial charge is 0.494 e. The maximum absolute atomic E-state index is 5.91. The molecule has 0 saturated heterocycles. The second kappa shape index (κ2) is 14.4. The number of rotatable bonds is 16. The van der Waals surface area contributed by atoms with Gasteiger partial charge in [-0.15, -0.1) is 0 Å². The SMILES string of the molecule is CC(C)(C)CC(C)(C)c1ccc(OCCOCC[N+](C)(C)Cc2ccc(OCCCCBr)cc2)cc1. The summed E-state index contributed by atoms with van der Waals surface area (Å²) in [5.41, 5.74) is 3.11. The van der Waals surface area contributed by atoms with Crippen molar-refractivity contribution in [1.82, 2.24) is 0 Å². The topological polar surface area (TPSA) is 27.7 Å². The minimum Gasteiger partial charge on any atom is -0.494 e. The number of likely N-dealkylation sites (N-methyl/N-ethyl adjacent to an activating group) is 1. The molecule has 0 saturated carbocycles. The smallest absolute Gasteiger partial charge is 0.119 e. The van der Waals surface area contributed by atoms with Crippen LogP contribution in [0.25, 0.3) is 0 Å². The number of hydrogen-bond donors (Lipinski definition) is 0. The number of quaternary nitrogens is 1. The molecular formula is C31H49BrNO3+. The number of hydrogen-bond acceptors (Lipinski definition) is 3. The van der Waals surface area contributed by atoms with Gasteiger partial charge in [0.1, 0.15) is 31.2 Å². The Bertz CT molecular complexity index is 870. The van der Waals surface area contributed by atoms with E-state index in [9.17, 15) is 0 Å². The minimum atomic E-state index is 0.146. The van der Waals surface area contributed by atoms with E-state index < -0.39 is 0 Å². The molecule has 0 aliphatic heterocycles. The van der Waals surface area contributed by atoms with Gasteiger partial charge in [0.05, 0.1) is 33.9 Å². The van der Waals surface area contributed by atoms with E-state index in [1.807, 2.05) is 0 Å². The molecule has 202 valence electrons. The highest BCUT2D eigenvalue weighted by atomic mass is 79.9. The number of nitrogens with zero attached hydrogens (tertiary/aromatic N) is 1. The van der Waals surface area contributed by atoms with Crippen LogP contribution in [-0.2, 0) is 16.7 Å². The van der Waals surface area contributed by atoms with E-state index in [4.69, 9.17) is 14.2 Å². The summed E-state index contributed by atoms with van der Waals surface area (Å²) < 4.78 is 18.5. The van der Waals surface area contributed by atoms with Gasteiger partial charge >= 0.3 is 0 Å². The highest BCUT2D eigenvalue weighted by Gasteiger charge is 2.27. The molecule has 2 rings (SSSR count). The van der Waals surface area contributed by atoms with E-state index in [1.54, 1.807) is 0 Å². The molecule has 0 unspecified atom stereocenters. The summed E-state index contributed by atoms with van der Waals surface area (Å²) in [6.45, 7) is 16.1. The summed E-state index contributed by atoms with van der Waals surface area (Å²) in [4.78, 5) is 0. The Morgan fingerprint density at radius 3 is 1.89 bits per heavy atom. The van der Waals surface area contributed by atoms with Gasteiger partial charge in [0.2, 0.25) is 0 Å². The van der Waals surface area contributed by atoms with E-state index in [0.29, 0.717) is 25.2 Å². The van der Waals surface area contributed by atoms with Gasteiger partial charge in [0.15, 0.2) is 0 Å². The first-order valence-corrected chi connectivity index (χ1v) is 14.4. The highest BCUT2D eigenvalue weighted by Crippen LogP contribution is 2.36. The fraction of sp³-hybridized carbons (Fsp3) is 0.613. The average Bonchev–Trinajstić information content (AvgIpc) is 2.78. The van der Waals surface area contributed by atoms with Crippen LogP contribution < -0.4 is 9.47 Å². The predicted molar refractivity (Wildman–Crippen MR) is 155 cm³/mol. The van der Waals surface area contributed by atoms with Gasteiger partial charge in [0.25, 0.3) is 0 Å². The van der Waals surface area contributed by atoms with Crippen molar-refractivity contribution in [3.05, 3.63) is 59.7 Å². The van der Waals surface area contributed by atoms with Gasteiger partial charge in [-0.25, -0.2) is 0 Å². The molecular weight excluding hydrogens is 514 g/mol. The summed E-state index contributed by atoms with van der Waals surface area (Å²) in [5, 5.41) is 1.03. The quantitative estimate of drug-likeness (QED) is 0.119. The molecule has 0 fully saturated rings. The average molecular weight is 564 g/mol. The molecule has 0 aliphatic rings. The monoisotopic (exact) mass is 562 g/mol. The van der Waals surface area contributed by atoms with E-state index in [-0.39, 0.29) is 5.41 Å². The van der Waals surface area contributed by atoms with Crippen LogP contribution >= 0.6 is 15.9 Å². The normalized spacial score (nSPS) is 12.6. The van der Waals surface area contributed by atoms with Gasteiger partial charge in [-0.2, -0.15) is 0 Å². The molecule has 2 aromatic carbocycles. The number of unbranched alkanes of at least 4 members (excludes halogenated alkanes) is 1. The molecule has 0 radical (unpaired) electrons. The zero-order valence-electron chi connectivity index (χ0n) is 23.7. The second-order valence-electron chi connectivity index (χ2n) is 12.3. The molecule has 2 aromatic rings. The number of halogens is 1. The molecule has 5 heteroatoms. The summed E-state index contributed by atoms with van der Waals surface area (Å²) in [7, 11) is 4.49. The maximum Gasteiger partial charge on any atom is 0.119 e. The van der Waals surface area contributed by atoms with E-state index in [0.717, 1.165) is 60.3 Å². The Kier molecular flexibility index (Phi) is 12.3. The van der Waals surface area contributed by atoms with Crippen LogP contribution in [0.5, 0.6) is 11.5 Å². The van der Waals surface area contributed by atoms with Crippen LogP contribution in [0.4, 0.5) is 0 Å². The van der Waals surface area contributed by atoms with Crippen LogP contribution in [0.15, 0.2) is 48.5 Å². The third-order valence-electron chi connectivity index (χ3n) is 6.28. The van der Waals surface area contributed by atoms with Crippen LogP contribution in [0.1, 0.15) is 65.0 Å². The summed E-state index contributed by atoms with van der Waals surface area (Å²) in [5.74, 6) is 1.85. The van der Waals surface area contributed by atoms with E-state index in [2.05, 4.69) is 113 Å². The first-order valence-electron chi connectivity index (χ1n) is 13.3. The van der Waals surface area contributed by atoms with Gasteiger partial charge in [-0.3, -0.25) is 0 Å².